The average Bonchev–Trinajstić information content (AvgIpc) is 3.23. The van der Waals surface area contributed by atoms with Crippen molar-refractivity contribution < 1.29 is 13.6 Å². The molecule has 2 aliphatic heterocycles. The summed E-state index contributed by atoms with van der Waals surface area (Å²) in [4.78, 5) is 23.2. The molecule has 122 valence electrons. The number of anilines is 1. The van der Waals surface area contributed by atoms with Crippen LogP contribution in [0.3, 0.4) is 0 Å². The predicted octanol–water partition coefficient (Wildman–Crippen LogP) is 0.929. The van der Waals surface area contributed by atoms with Crippen LogP contribution in [0.5, 0.6) is 0 Å². The number of carbonyl (C=O) groups excluding carboxylic acids is 1. The topological polar surface area (TPSA) is 91.2 Å². The molecule has 1 amide bonds. The number of aromatic nitrogens is 4. The van der Waals surface area contributed by atoms with Crippen molar-refractivity contribution in [3.8, 4) is 0 Å². The Kier molecular flexibility index (Phi) is 3.47. The van der Waals surface area contributed by atoms with E-state index in [0.29, 0.717) is 51.5 Å². The fourth-order valence-corrected chi connectivity index (χ4v) is 2.99. The molecule has 2 aromatic heterocycles. The summed E-state index contributed by atoms with van der Waals surface area (Å²) in [5, 5.41) is 7.79. The van der Waals surface area contributed by atoms with Gasteiger partial charge in [0.05, 0.1) is 24.3 Å². The van der Waals surface area contributed by atoms with Crippen molar-refractivity contribution in [3.05, 3.63) is 23.6 Å². The summed E-state index contributed by atoms with van der Waals surface area (Å²) >= 11 is 0. The van der Waals surface area contributed by atoms with Gasteiger partial charge in [-0.05, 0) is 12.8 Å². The summed E-state index contributed by atoms with van der Waals surface area (Å²) in [7, 11) is 0. The Balaban J connectivity index is 1.45. The summed E-state index contributed by atoms with van der Waals surface area (Å²) in [6.45, 7) is 2.08. The molecule has 0 bridgehead atoms. The van der Waals surface area contributed by atoms with Gasteiger partial charge < -0.3 is 19.2 Å². The number of rotatable bonds is 2. The van der Waals surface area contributed by atoms with Crippen LogP contribution in [-0.2, 0) is 13.0 Å². The quantitative estimate of drug-likeness (QED) is 0.885. The number of alkyl halides is 1. The zero-order valence-corrected chi connectivity index (χ0v) is 12.5. The minimum Gasteiger partial charge on any atom is -0.399 e. The van der Waals surface area contributed by atoms with Crippen LogP contribution in [0.2, 0.25) is 0 Å². The van der Waals surface area contributed by atoms with Crippen molar-refractivity contribution in [2.45, 2.75) is 32.0 Å². The Morgan fingerprint density at radius 1 is 1.30 bits per heavy atom. The van der Waals surface area contributed by atoms with Crippen LogP contribution >= 0.6 is 0 Å². The molecule has 2 aliphatic rings. The first kappa shape index (κ1) is 14.2. The average molecular weight is 320 g/mol. The molecule has 1 N–H and O–H groups in total. The Hall–Kier alpha value is -2.45. The first-order valence-electron chi connectivity index (χ1n) is 7.73. The van der Waals surface area contributed by atoms with Gasteiger partial charge in [-0.2, -0.15) is 0 Å². The van der Waals surface area contributed by atoms with Crippen molar-refractivity contribution >= 4 is 11.9 Å². The number of halogens is 1. The third-order valence-electron chi connectivity index (χ3n) is 4.35. The maximum Gasteiger partial charge on any atom is 0.318 e. The van der Waals surface area contributed by atoms with Crippen molar-refractivity contribution in [2.75, 3.05) is 24.5 Å². The van der Waals surface area contributed by atoms with Crippen LogP contribution in [0.15, 0.2) is 10.7 Å². The van der Waals surface area contributed by atoms with Crippen molar-refractivity contribution in [1.29, 1.82) is 0 Å². The highest BCUT2D eigenvalue weighted by Crippen LogP contribution is 2.22. The van der Waals surface area contributed by atoms with Crippen molar-refractivity contribution in [1.82, 2.24) is 25.1 Å². The minimum atomic E-state index is -0.771. The van der Waals surface area contributed by atoms with E-state index in [1.54, 1.807) is 11.2 Å². The molecule has 4 heterocycles. The maximum atomic E-state index is 13.2. The number of hydrogen-bond acceptors (Lipinski definition) is 6. The molecule has 23 heavy (non-hydrogen) atoms. The summed E-state index contributed by atoms with van der Waals surface area (Å²) < 4.78 is 18.7. The van der Waals surface area contributed by atoms with E-state index in [1.165, 1.54) is 0 Å². The lowest BCUT2D eigenvalue weighted by Gasteiger charge is -2.26. The molecule has 9 heteroatoms. The van der Waals surface area contributed by atoms with E-state index in [2.05, 4.69) is 20.2 Å². The standard InChI is InChI=1S/C14H17FN6O2/c15-9-1-4-20(5-2-9)14-19-18-12(23-14)13(22)21-6-3-10-11(7-21)17-8-16-10/h8-9H,1-7H2,(H,16,17). The molecule has 2 aromatic rings. The van der Waals surface area contributed by atoms with Gasteiger partial charge in [-0.15, -0.1) is 5.10 Å². The van der Waals surface area contributed by atoms with Gasteiger partial charge in [0, 0.05) is 26.1 Å². The van der Waals surface area contributed by atoms with E-state index >= 15 is 0 Å². The zero-order valence-electron chi connectivity index (χ0n) is 12.5. The van der Waals surface area contributed by atoms with Crippen LogP contribution < -0.4 is 4.90 Å². The Morgan fingerprint density at radius 2 is 2.13 bits per heavy atom. The van der Waals surface area contributed by atoms with Gasteiger partial charge in [0.2, 0.25) is 0 Å². The van der Waals surface area contributed by atoms with Gasteiger partial charge in [0.1, 0.15) is 6.17 Å². The van der Waals surface area contributed by atoms with Gasteiger partial charge in [0.15, 0.2) is 0 Å². The fraction of sp³-hybridized carbons (Fsp3) is 0.571. The maximum absolute atomic E-state index is 13.2. The smallest absolute Gasteiger partial charge is 0.318 e. The number of nitrogens with one attached hydrogen (secondary N) is 1. The summed E-state index contributed by atoms with van der Waals surface area (Å²) in [5.74, 6) is -0.310. The zero-order chi connectivity index (χ0) is 15.8. The third kappa shape index (κ3) is 2.66. The molecule has 0 unspecified atom stereocenters. The van der Waals surface area contributed by atoms with E-state index < -0.39 is 6.17 Å². The van der Waals surface area contributed by atoms with Gasteiger partial charge in [-0.1, -0.05) is 5.10 Å². The molecule has 0 aromatic carbocycles. The molecule has 0 atom stereocenters. The lowest BCUT2D eigenvalue weighted by Crippen LogP contribution is -2.36. The van der Waals surface area contributed by atoms with Crippen LogP contribution in [0, 0.1) is 0 Å². The fourth-order valence-electron chi connectivity index (χ4n) is 2.99. The lowest BCUT2D eigenvalue weighted by atomic mass is 10.1. The number of piperidine rings is 1. The third-order valence-corrected chi connectivity index (χ3v) is 4.35. The van der Waals surface area contributed by atoms with E-state index in [4.69, 9.17) is 4.42 Å². The monoisotopic (exact) mass is 320 g/mol. The predicted molar refractivity (Wildman–Crippen MR) is 77.7 cm³/mol. The summed E-state index contributed by atoms with van der Waals surface area (Å²) in [6, 6.07) is 0.291. The number of nitrogens with zero attached hydrogens (tertiary/aromatic N) is 5. The summed E-state index contributed by atoms with van der Waals surface area (Å²) in [6.07, 6.45) is 2.46. The van der Waals surface area contributed by atoms with Crippen molar-refractivity contribution in [3.63, 3.8) is 0 Å². The van der Waals surface area contributed by atoms with Crippen molar-refractivity contribution in [2.24, 2.45) is 0 Å². The van der Waals surface area contributed by atoms with Gasteiger partial charge in [-0.25, -0.2) is 9.37 Å². The highest BCUT2D eigenvalue weighted by atomic mass is 19.1. The second kappa shape index (κ2) is 5.64. The van der Waals surface area contributed by atoms with Gasteiger partial charge >= 0.3 is 17.8 Å². The van der Waals surface area contributed by atoms with E-state index in [0.717, 1.165) is 11.4 Å². The molecule has 0 radical (unpaired) electrons. The normalized spacial score (nSPS) is 19.0. The number of amides is 1. The van der Waals surface area contributed by atoms with Crippen LogP contribution in [0.4, 0.5) is 10.4 Å². The second-order valence-electron chi connectivity index (χ2n) is 5.86. The molecule has 0 saturated carbocycles. The van der Waals surface area contributed by atoms with Crippen LogP contribution in [-0.4, -0.2) is 56.8 Å². The molecular formula is C14H17FN6O2. The number of aromatic amines is 1. The molecule has 1 saturated heterocycles. The Morgan fingerprint density at radius 3 is 2.96 bits per heavy atom. The summed E-state index contributed by atoms with van der Waals surface area (Å²) in [5.41, 5.74) is 1.93. The highest BCUT2D eigenvalue weighted by Gasteiger charge is 2.29. The molecule has 0 spiro atoms. The molecule has 4 rings (SSSR count). The number of H-pyrrole nitrogens is 1. The SMILES string of the molecule is O=C(c1nnc(N2CCC(F)CC2)o1)N1CCc2nc[nH]c2C1. The number of imidazole rings is 1. The van der Waals surface area contributed by atoms with Gasteiger partial charge in [-0.3, -0.25) is 4.79 Å². The molecule has 8 nitrogen and oxygen atoms in total. The Bertz CT molecular complexity index is 706. The number of hydrogen-bond donors (Lipinski definition) is 1. The molecule has 1 fully saturated rings. The van der Waals surface area contributed by atoms with E-state index in [-0.39, 0.29) is 11.8 Å². The number of fused-ring (bicyclic) bond motifs is 1. The van der Waals surface area contributed by atoms with Crippen LogP contribution in [0.1, 0.15) is 34.9 Å². The Labute approximate surface area is 131 Å². The van der Waals surface area contributed by atoms with E-state index in [9.17, 15) is 9.18 Å². The largest absolute Gasteiger partial charge is 0.399 e. The second-order valence-corrected chi connectivity index (χ2v) is 5.86. The van der Waals surface area contributed by atoms with E-state index in [1.807, 2.05) is 4.90 Å². The molecular weight excluding hydrogens is 303 g/mol. The molecule has 0 aliphatic carbocycles. The first-order valence-corrected chi connectivity index (χ1v) is 7.73. The highest BCUT2D eigenvalue weighted by molar-refractivity contribution is 5.89. The lowest BCUT2D eigenvalue weighted by molar-refractivity contribution is 0.0691. The van der Waals surface area contributed by atoms with Crippen LogP contribution in [0.25, 0.3) is 0 Å². The van der Waals surface area contributed by atoms with Gasteiger partial charge in [0.25, 0.3) is 0 Å². The number of carbonyl (C=O) groups is 1. The minimum absolute atomic E-state index is 0.0228. The first-order chi connectivity index (χ1) is 11.2.